The van der Waals surface area contributed by atoms with Gasteiger partial charge in [0.2, 0.25) is 5.95 Å². The number of amides is 1. The van der Waals surface area contributed by atoms with Crippen molar-refractivity contribution in [1.29, 1.82) is 0 Å². The van der Waals surface area contributed by atoms with E-state index in [4.69, 9.17) is 16.5 Å². The number of carbonyl (C=O) groups excluding carboxylic acids is 1. The van der Waals surface area contributed by atoms with Gasteiger partial charge in [-0.05, 0) is 36.2 Å². The summed E-state index contributed by atoms with van der Waals surface area (Å²) in [6.07, 6.45) is 4.17. The fourth-order valence-electron chi connectivity index (χ4n) is 4.84. The van der Waals surface area contributed by atoms with Gasteiger partial charge in [-0.15, -0.1) is 0 Å². The lowest BCUT2D eigenvalue weighted by Gasteiger charge is -2.31. The molecule has 2 aliphatic heterocycles. The van der Waals surface area contributed by atoms with Crippen molar-refractivity contribution in [3.8, 4) is 11.3 Å². The average Bonchev–Trinajstić information content (AvgIpc) is 3.37. The van der Waals surface area contributed by atoms with E-state index in [1.807, 2.05) is 29.1 Å². The lowest BCUT2D eigenvalue weighted by molar-refractivity contribution is -0.0494. The Labute approximate surface area is 237 Å². The Hall–Kier alpha value is -4.51. The Morgan fingerprint density at radius 2 is 1.76 bits per heavy atom. The number of carbonyl (C=O) groups is 1. The summed E-state index contributed by atoms with van der Waals surface area (Å²) in [4.78, 5) is 22.9. The summed E-state index contributed by atoms with van der Waals surface area (Å²) >= 11 is 0. The van der Waals surface area contributed by atoms with Gasteiger partial charge in [-0.25, -0.2) is 13.8 Å². The predicted octanol–water partition coefficient (Wildman–Crippen LogP) is 4.11. The Bertz CT molecular complexity index is 1460. The fraction of sp³-hybridized carbons (Fsp3) is 0.300. The van der Waals surface area contributed by atoms with E-state index >= 15 is 0 Å². The van der Waals surface area contributed by atoms with Gasteiger partial charge in [0.15, 0.2) is 5.96 Å². The van der Waals surface area contributed by atoms with E-state index in [-0.39, 0.29) is 37.8 Å². The predicted molar refractivity (Wildman–Crippen MR) is 158 cm³/mol. The zero-order valence-electron chi connectivity index (χ0n) is 22.7. The number of hydrogen-bond donors (Lipinski definition) is 4. The summed E-state index contributed by atoms with van der Waals surface area (Å²) in [7, 11) is 0. The number of nitrogens with two attached hydrogens (primary N) is 2. The van der Waals surface area contributed by atoms with Crippen LogP contribution in [0, 0.1) is 0 Å². The van der Waals surface area contributed by atoms with Gasteiger partial charge >= 0.3 is 0 Å². The molecular weight excluding hydrogens is 526 g/mol. The number of aliphatic imine (C=N–C) groups is 1. The number of fused-ring (bicyclic) bond motifs is 1. The van der Waals surface area contributed by atoms with Gasteiger partial charge in [0, 0.05) is 73.8 Å². The Kier molecular flexibility index (Phi) is 8.16. The van der Waals surface area contributed by atoms with Crippen molar-refractivity contribution in [3.63, 3.8) is 0 Å². The summed E-state index contributed by atoms with van der Waals surface area (Å²) in [6.45, 7) is 6.47. The zero-order valence-corrected chi connectivity index (χ0v) is 22.7. The third-order valence-electron chi connectivity index (χ3n) is 7.20. The molecule has 1 fully saturated rings. The molecule has 0 radical (unpaired) electrons. The largest absolute Gasteiger partial charge is 0.370 e. The molecule has 9 nitrogen and oxygen atoms in total. The maximum absolute atomic E-state index is 13.5. The highest BCUT2D eigenvalue weighted by molar-refractivity contribution is 5.95. The van der Waals surface area contributed by atoms with Crippen LogP contribution in [0.25, 0.3) is 23.0 Å². The van der Waals surface area contributed by atoms with Crippen LogP contribution in [0.3, 0.4) is 0 Å². The van der Waals surface area contributed by atoms with Crippen LogP contribution in [0.4, 0.5) is 14.7 Å². The summed E-state index contributed by atoms with van der Waals surface area (Å²) in [6, 6.07) is 15.4. The molecule has 1 amide bonds. The summed E-state index contributed by atoms with van der Waals surface area (Å²) in [5.41, 5.74) is 16.6. The maximum Gasteiger partial charge on any atom is 0.253 e. The molecule has 0 spiro atoms. The first-order valence-electron chi connectivity index (χ1n) is 13.6. The number of nitrogens with one attached hydrogen (secondary N) is 2. The molecule has 0 atom stereocenters. The van der Waals surface area contributed by atoms with Crippen molar-refractivity contribution in [2.75, 3.05) is 31.5 Å². The number of guanidine groups is 1. The lowest BCUT2D eigenvalue weighted by atomic mass is 10.0. The molecule has 5 rings (SSSR count). The number of benzene rings is 2. The quantitative estimate of drug-likeness (QED) is 0.177. The number of rotatable bonds is 9. The highest BCUT2D eigenvalue weighted by atomic mass is 19.3. The first-order chi connectivity index (χ1) is 19.7. The Balaban J connectivity index is 1.22. The van der Waals surface area contributed by atoms with Crippen LogP contribution >= 0.6 is 0 Å². The van der Waals surface area contributed by atoms with Crippen molar-refractivity contribution < 1.29 is 13.6 Å². The highest BCUT2D eigenvalue weighted by Crippen LogP contribution is 2.32. The lowest BCUT2D eigenvalue weighted by Crippen LogP contribution is -2.42. The number of aromatic nitrogens is 2. The van der Waals surface area contributed by atoms with E-state index in [0.717, 1.165) is 53.2 Å². The number of piperidine rings is 1. The van der Waals surface area contributed by atoms with Crippen LogP contribution in [0.1, 0.15) is 40.7 Å². The van der Waals surface area contributed by atoms with Crippen LogP contribution in [0.5, 0.6) is 0 Å². The van der Waals surface area contributed by atoms with Gasteiger partial charge in [-0.3, -0.25) is 14.4 Å². The van der Waals surface area contributed by atoms with E-state index in [1.165, 1.54) is 4.90 Å². The van der Waals surface area contributed by atoms with Crippen molar-refractivity contribution in [1.82, 2.24) is 19.8 Å². The van der Waals surface area contributed by atoms with Crippen LogP contribution < -0.4 is 22.1 Å². The second-order valence-corrected chi connectivity index (χ2v) is 10.3. The molecule has 214 valence electrons. The van der Waals surface area contributed by atoms with E-state index in [1.54, 1.807) is 12.1 Å². The van der Waals surface area contributed by atoms with Crippen molar-refractivity contribution in [2.24, 2.45) is 16.5 Å². The van der Waals surface area contributed by atoms with Crippen molar-refractivity contribution in [3.05, 3.63) is 83.7 Å². The standard InChI is InChI=1S/C30H34F2N8O/c1-20-25(22-5-3-21(4-6-22)17-35-13-2-14-36-28(33)34)18-40-19-26(38-29(40)37-20)23-7-9-24(10-8-23)27(41)39-15-11-30(31,32)12-16-39/h3-10,18-19,35H,1-2,11-17H2,(H,37,38)(H4,33,34,36). The van der Waals surface area contributed by atoms with Gasteiger partial charge in [0.25, 0.3) is 11.8 Å². The maximum atomic E-state index is 13.5. The number of allylic oxidation sites excluding steroid dienone is 1. The second kappa shape index (κ2) is 11.9. The molecule has 1 aromatic heterocycles. The first-order valence-corrected chi connectivity index (χ1v) is 13.6. The summed E-state index contributed by atoms with van der Waals surface area (Å²) < 4.78 is 28.8. The molecule has 3 heterocycles. The summed E-state index contributed by atoms with van der Waals surface area (Å²) in [5, 5.41) is 6.67. The molecule has 41 heavy (non-hydrogen) atoms. The molecule has 0 aliphatic carbocycles. The smallest absolute Gasteiger partial charge is 0.253 e. The number of nitrogens with zero attached hydrogens (tertiary/aromatic N) is 4. The minimum Gasteiger partial charge on any atom is -0.370 e. The number of imidazole rings is 1. The van der Waals surface area contributed by atoms with Crippen molar-refractivity contribution >= 4 is 29.6 Å². The molecule has 11 heteroatoms. The number of hydrogen-bond acceptors (Lipinski definition) is 5. The van der Waals surface area contributed by atoms with Crippen LogP contribution in [0.15, 0.2) is 72.0 Å². The van der Waals surface area contributed by atoms with Gasteiger partial charge in [-0.2, -0.15) is 0 Å². The highest BCUT2D eigenvalue weighted by Gasteiger charge is 2.35. The van der Waals surface area contributed by atoms with E-state index in [0.29, 0.717) is 18.1 Å². The van der Waals surface area contributed by atoms with Gasteiger partial charge in [0.1, 0.15) is 0 Å². The SMILES string of the molecule is C=C1Nc2nc(-c3ccc(C(=O)N4CCC(F)(F)CC4)cc3)cn2C=C1c1ccc(CNCCCN=C(N)N)cc1. The third kappa shape index (κ3) is 6.80. The molecule has 1 saturated heterocycles. The van der Waals surface area contributed by atoms with Crippen LogP contribution in [-0.4, -0.2) is 58.4 Å². The molecule has 0 unspecified atom stereocenters. The minimum atomic E-state index is -2.69. The van der Waals surface area contributed by atoms with Gasteiger partial charge in [0.05, 0.1) is 5.69 Å². The third-order valence-corrected chi connectivity index (χ3v) is 7.20. The van der Waals surface area contributed by atoms with Crippen LogP contribution in [0.2, 0.25) is 0 Å². The monoisotopic (exact) mass is 560 g/mol. The Morgan fingerprint density at radius 1 is 1.07 bits per heavy atom. The van der Waals surface area contributed by atoms with E-state index in [2.05, 4.69) is 46.5 Å². The topological polar surface area (TPSA) is 127 Å². The normalized spacial score (nSPS) is 16.0. The molecule has 2 aliphatic rings. The first kappa shape index (κ1) is 28.0. The van der Waals surface area contributed by atoms with E-state index in [9.17, 15) is 13.6 Å². The van der Waals surface area contributed by atoms with Crippen LogP contribution in [-0.2, 0) is 6.54 Å². The molecule has 2 aromatic carbocycles. The minimum absolute atomic E-state index is 0.0625. The Morgan fingerprint density at radius 3 is 2.44 bits per heavy atom. The molecular formula is C30H34F2N8O. The number of likely N-dealkylation sites (tertiary alicyclic amines) is 1. The average molecular weight is 561 g/mol. The molecule has 0 saturated carbocycles. The van der Waals surface area contributed by atoms with Crippen molar-refractivity contribution in [2.45, 2.75) is 31.7 Å². The zero-order chi connectivity index (χ0) is 29.0. The molecule has 3 aromatic rings. The molecule has 0 bridgehead atoms. The van der Waals surface area contributed by atoms with Gasteiger partial charge < -0.3 is 27.0 Å². The fourth-order valence-corrected chi connectivity index (χ4v) is 4.84. The number of alkyl halides is 2. The summed E-state index contributed by atoms with van der Waals surface area (Å²) in [5.74, 6) is -2.16. The van der Waals surface area contributed by atoms with Gasteiger partial charge in [-0.1, -0.05) is 43.0 Å². The number of anilines is 1. The van der Waals surface area contributed by atoms with E-state index < -0.39 is 5.92 Å². The number of halogens is 2. The molecule has 6 N–H and O–H groups in total. The second-order valence-electron chi connectivity index (χ2n) is 10.3.